The number of amides is 4. The van der Waals surface area contributed by atoms with Gasteiger partial charge in [-0.2, -0.15) is 0 Å². The quantitative estimate of drug-likeness (QED) is 0.745. The first-order valence-corrected chi connectivity index (χ1v) is 11.6. The molecule has 4 amide bonds. The highest BCUT2D eigenvalue weighted by Crippen LogP contribution is 2.48. The Balaban J connectivity index is 1.66. The second kappa shape index (κ2) is 9.08. The smallest absolute Gasteiger partial charge is 0.321 e. The summed E-state index contributed by atoms with van der Waals surface area (Å²) in [6, 6.07) is 12.6. The second-order valence-electron chi connectivity index (χ2n) is 9.55. The number of nitrogens with one attached hydrogen (secondary N) is 1. The normalized spacial score (nSPS) is 19.2. The molecule has 8 heteroatoms. The first-order valence-electron chi connectivity index (χ1n) is 11.6. The average molecular weight is 467 g/mol. The molecule has 2 aromatic carbocycles. The molecular weight excluding hydrogens is 435 g/mol. The summed E-state index contributed by atoms with van der Waals surface area (Å²) in [7, 11) is 3.47. The third-order valence-corrected chi connectivity index (χ3v) is 6.95. The molecule has 180 valence electrons. The van der Waals surface area contributed by atoms with Gasteiger partial charge in [-0.15, -0.1) is 0 Å². The Morgan fingerprint density at radius 2 is 1.68 bits per heavy atom. The van der Waals surface area contributed by atoms with Crippen LogP contribution in [0.2, 0.25) is 0 Å². The number of likely N-dealkylation sites (tertiary alicyclic amines) is 1. The summed E-state index contributed by atoms with van der Waals surface area (Å²) in [4.78, 5) is 45.2. The van der Waals surface area contributed by atoms with Gasteiger partial charge in [0.15, 0.2) is 0 Å². The Kier molecular flexibility index (Phi) is 6.34. The number of rotatable bonds is 3. The highest BCUT2D eigenvalue weighted by molar-refractivity contribution is 6.02. The van der Waals surface area contributed by atoms with Gasteiger partial charge in [-0.3, -0.25) is 9.59 Å². The van der Waals surface area contributed by atoms with Crippen molar-refractivity contribution in [3.05, 3.63) is 65.5 Å². The van der Waals surface area contributed by atoms with E-state index < -0.39 is 11.5 Å². The van der Waals surface area contributed by atoms with Crippen molar-refractivity contribution in [1.82, 2.24) is 14.7 Å². The molecule has 2 aromatic rings. The summed E-state index contributed by atoms with van der Waals surface area (Å²) in [5.41, 5.74) is 1.11. The van der Waals surface area contributed by atoms with Crippen molar-refractivity contribution >= 4 is 23.5 Å². The van der Waals surface area contributed by atoms with E-state index >= 15 is 0 Å². The van der Waals surface area contributed by atoms with E-state index in [0.29, 0.717) is 37.2 Å². The number of halogens is 1. The van der Waals surface area contributed by atoms with E-state index in [2.05, 4.69) is 5.32 Å². The summed E-state index contributed by atoms with van der Waals surface area (Å²) < 4.78 is 13.2. The number of likely N-dealkylation sites (N-methyl/N-ethyl adjacent to an activating group) is 1. The zero-order valence-corrected chi connectivity index (χ0v) is 20.0. The van der Waals surface area contributed by atoms with Gasteiger partial charge in [0, 0.05) is 44.5 Å². The van der Waals surface area contributed by atoms with Gasteiger partial charge in [-0.25, -0.2) is 9.18 Å². The first kappa shape index (κ1) is 23.7. The number of fused-ring (bicyclic) bond motifs is 1. The van der Waals surface area contributed by atoms with Crippen LogP contribution in [0.15, 0.2) is 48.5 Å². The molecule has 1 saturated heterocycles. The number of nitrogens with zero attached hydrogens (tertiary/aromatic N) is 3. The lowest BCUT2D eigenvalue weighted by Crippen LogP contribution is -2.67. The predicted molar refractivity (Wildman–Crippen MR) is 128 cm³/mol. The van der Waals surface area contributed by atoms with E-state index in [4.69, 9.17) is 0 Å². The SMILES string of the molecule is CC(C)N1C(=O)c2ccccc2C(C(=O)N(C)C)C12CCN(C(=O)Nc1ccc(F)cc1)CC2. The lowest BCUT2D eigenvalue weighted by atomic mass is 9.66. The van der Waals surface area contributed by atoms with Crippen molar-refractivity contribution in [2.75, 3.05) is 32.5 Å². The van der Waals surface area contributed by atoms with E-state index in [1.54, 1.807) is 30.0 Å². The maximum absolute atomic E-state index is 13.6. The van der Waals surface area contributed by atoms with Crippen LogP contribution >= 0.6 is 0 Å². The Morgan fingerprint density at radius 3 is 2.26 bits per heavy atom. The molecule has 0 aromatic heterocycles. The first-order chi connectivity index (χ1) is 16.2. The molecule has 0 aliphatic carbocycles. The molecule has 4 rings (SSSR count). The summed E-state index contributed by atoms with van der Waals surface area (Å²) in [6.45, 7) is 4.72. The number of piperidine rings is 1. The average Bonchev–Trinajstić information content (AvgIpc) is 2.80. The number of anilines is 1. The highest BCUT2D eigenvalue weighted by Gasteiger charge is 2.56. The molecule has 2 heterocycles. The van der Waals surface area contributed by atoms with Crippen LogP contribution in [0, 0.1) is 5.82 Å². The highest BCUT2D eigenvalue weighted by atomic mass is 19.1. The number of carbonyl (C=O) groups is 3. The number of hydrogen-bond acceptors (Lipinski definition) is 3. The molecule has 1 fully saturated rings. The molecular formula is C26H31FN4O3. The summed E-state index contributed by atoms with van der Waals surface area (Å²) >= 11 is 0. The summed E-state index contributed by atoms with van der Waals surface area (Å²) in [6.07, 6.45) is 0.957. The van der Waals surface area contributed by atoms with Crippen LogP contribution in [0.25, 0.3) is 0 Å². The lowest BCUT2D eigenvalue weighted by molar-refractivity contribution is -0.136. The van der Waals surface area contributed by atoms with Crippen LogP contribution in [0.5, 0.6) is 0 Å². The molecule has 1 unspecified atom stereocenters. The Morgan fingerprint density at radius 1 is 1.06 bits per heavy atom. The second-order valence-corrected chi connectivity index (χ2v) is 9.55. The molecule has 2 aliphatic rings. The predicted octanol–water partition coefficient (Wildman–Crippen LogP) is 3.93. The van der Waals surface area contributed by atoms with Gasteiger partial charge in [0.25, 0.3) is 5.91 Å². The largest absolute Gasteiger partial charge is 0.348 e. The van der Waals surface area contributed by atoms with Crippen LogP contribution in [0.4, 0.5) is 14.9 Å². The van der Waals surface area contributed by atoms with Gasteiger partial charge in [0.2, 0.25) is 5.91 Å². The molecule has 1 N–H and O–H groups in total. The van der Waals surface area contributed by atoms with Crippen LogP contribution in [0.1, 0.15) is 48.5 Å². The monoisotopic (exact) mass is 466 g/mol. The molecule has 1 atom stereocenters. The fourth-order valence-corrected chi connectivity index (χ4v) is 5.44. The minimum absolute atomic E-state index is 0.0465. The zero-order chi connectivity index (χ0) is 24.6. The molecule has 1 spiro atoms. The van der Waals surface area contributed by atoms with Crippen molar-refractivity contribution in [2.24, 2.45) is 0 Å². The van der Waals surface area contributed by atoms with Gasteiger partial charge in [0.1, 0.15) is 5.82 Å². The van der Waals surface area contributed by atoms with Crippen molar-refractivity contribution in [3.63, 3.8) is 0 Å². The maximum Gasteiger partial charge on any atom is 0.321 e. The number of benzene rings is 2. The van der Waals surface area contributed by atoms with E-state index in [-0.39, 0.29) is 29.7 Å². The zero-order valence-electron chi connectivity index (χ0n) is 20.0. The van der Waals surface area contributed by atoms with Gasteiger partial charge >= 0.3 is 6.03 Å². The molecule has 0 radical (unpaired) electrons. The standard InChI is InChI=1S/C26H31FN4O3/c1-17(2)31-23(32)21-8-6-5-7-20(21)22(24(33)29(3)4)26(31)13-15-30(16-14-26)25(34)28-19-11-9-18(27)10-12-19/h5-12,17,22H,13-16H2,1-4H3,(H,28,34). The van der Waals surface area contributed by atoms with Gasteiger partial charge < -0.3 is 20.0 Å². The number of urea groups is 1. The van der Waals surface area contributed by atoms with E-state index in [9.17, 15) is 18.8 Å². The van der Waals surface area contributed by atoms with E-state index in [0.717, 1.165) is 5.56 Å². The van der Waals surface area contributed by atoms with Crippen molar-refractivity contribution in [2.45, 2.75) is 44.2 Å². The van der Waals surface area contributed by atoms with Crippen molar-refractivity contribution in [3.8, 4) is 0 Å². The lowest BCUT2D eigenvalue weighted by Gasteiger charge is -2.56. The van der Waals surface area contributed by atoms with Crippen LogP contribution < -0.4 is 5.32 Å². The minimum atomic E-state index is -0.729. The van der Waals surface area contributed by atoms with Gasteiger partial charge in [-0.1, -0.05) is 18.2 Å². The third kappa shape index (κ3) is 4.02. The van der Waals surface area contributed by atoms with Crippen LogP contribution in [0.3, 0.4) is 0 Å². The Labute approximate surface area is 199 Å². The molecule has 2 aliphatic heterocycles. The molecule has 0 bridgehead atoms. The summed E-state index contributed by atoms with van der Waals surface area (Å²) in [5, 5.41) is 2.81. The molecule has 34 heavy (non-hydrogen) atoms. The fraction of sp³-hybridized carbons (Fsp3) is 0.423. The number of hydrogen-bond donors (Lipinski definition) is 1. The third-order valence-electron chi connectivity index (χ3n) is 6.95. The Bertz CT molecular complexity index is 1090. The van der Waals surface area contributed by atoms with Crippen molar-refractivity contribution in [1.29, 1.82) is 0 Å². The minimum Gasteiger partial charge on any atom is -0.348 e. The van der Waals surface area contributed by atoms with Crippen molar-refractivity contribution < 1.29 is 18.8 Å². The van der Waals surface area contributed by atoms with Crippen LogP contribution in [-0.2, 0) is 4.79 Å². The summed E-state index contributed by atoms with van der Waals surface area (Å²) in [5.74, 6) is -1.00. The van der Waals surface area contributed by atoms with E-state index in [1.807, 2.05) is 36.9 Å². The maximum atomic E-state index is 13.6. The molecule has 7 nitrogen and oxygen atoms in total. The number of carbonyl (C=O) groups excluding carboxylic acids is 3. The van der Waals surface area contributed by atoms with Gasteiger partial charge in [-0.05, 0) is 62.6 Å². The molecule has 0 saturated carbocycles. The Hall–Kier alpha value is -3.42. The fourth-order valence-electron chi connectivity index (χ4n) is 5.44. The van der Waals surface area contributed by atoms with Gasteiger partial charge in [0.05, 0.1) is 11.5 Å². The topological polar surface area (TPSA) is 73.0 Å². The van der Waals surface area contributed by atoms with Crippen LogP contribution in [-0.4, -0.2) is 71.3 Å². The van der Waals surface area contributed by atoms with E-state index in [1.165, 1.54) is 24.3 Å².